The Morgan fingerprint density at radius 3 is 2.79 bits per heavy atom. The quantitative estimate of drug-likeness (QED) is 0.609. The van der Waals surface area contributed by atoms with Crippen molar-refractivity contribution in [2.45, 2.75) is 21.0 Å². The van der Waals surface area contributed by atoms with Crippen molar-refractivity contribution < 1.29 is 19.1 Å². The molecule has 0 atom stereocenters. The van der Waals surface area contributed by atoms with Gasteiger partial charge in [-0.15, -0.1) is 11.3 Å². The van der Waals surface area contributed by atoms with E-state index in [-0.39, 0.29) is 26.5 Å². The number of hydrogen-bond donors (Lipinski definition) is 2. The summed E-state index contributed by atoms with van der Waals surface area (Å²) >= 11 is 1.38. The van der Waals surface area contributed by atoms with E-state index in [1.807, 2.05) is 5.38 Å². The maximum absolute atomic E-state index is 12.1. The highest BCUT2D eigenvalue weighted by Gasteiger charge is 2.18. The molecule has 0 saturated carbocycles. The predicted octanol–water partition coefficient (Wildman–Crippen LogP) is 3.02. The lowest BCUT2D eigenvalue weighted by Crippen LogP contribution is -2.17. The van der Waals surface area contributed by atoms with Gasteiger partial charge in [0.15, 0.2) is 0 Å². The zero-order valence-electron chi connectivity index (χ0n) is 14.8. The second-order valence-corrected chi connectivity index (χ2v) is 6.40. The maximum Gasteiger partial charge on any atom is 0.341 e. The lowest BCUT2D eigenvalue weighted by Gasteiger charge is -2.08. The van der Waals surface area contributed by atoms with Crippen molar-refractivity contribution in [1.29, 1.82) is 0 Å². The SMILES string of the molecule is C.CCOC(=O)c1cnc(N)c2c(COc3cncc(C(=O)NC)c3)csc12. The van der Waals surface area contributed by atoms with E-state index in [9.17, 15) is 9.59 Å². The molecule has 8 nitrogen and oxygen atoms in total. The number of amides is 1. The molecule has 3 heterocycles. The zero-order chi connectivity index (χ0) is 19.4. The molecule has 0 aliphatic carbocycles. The van der Waals surface area contributed by atoms with Gasteiger partial charge in [0.25, 0.3) is 5.91 Å². The highest BCUT2D eigenvalue weighted by atomic mass is 32.1. The molecule has 148 valence electrons. The van der Waals surface area contributed by atoms with Crippen molar-refractivity contribution in [1.82, 2.24) is 15.3 Å². The van der Waals surface area contributed by atoms with E-state index >= 15 is 0 Å². The van der Waals surface area contributed by atoms with Crippen LogP contribution in [0.5, 0.6) is 5.75 Å². The van der Waals surface area contributed by atoms with Gasteiger partial charge in [-0.2, -0.15) is 0 Å². The molecule has 3 aromatic heterocycles. The Labute approximate surface area is 166 Å². The summed E-state index contributed by atoms with van der Waals surface area (Å²) in [4.78, 5) is 31.9. The van der Waals surface area contributed by atoms with E-state index in [1.54, 1.807) is 20.0 Å². The average molecular weight is 402 g/mol. The van der Waals surface area contributed by atoms with Crippen molar-refractivity contribution in [3.05, 3.63) is 46.7 Å². The van der Waals surface area contributed by atoms with Crippen LogP contribution in [0.2, 0.25) is 0 Å². The average Bonchev–Trinajstić information content (AvgIpc) is 3.11. The van der Waals surface area contributed by atoms with E-state index in [0.717, 1.165) is 5.56 Å². The Morgan fingerprint density at radius 1 is 1.29 bits per heavy atom. The van der Waals surface area contributed by atoms with Crippen LogP contribution < -0.4 is 15.8 Å². The van der Waals surface area contributed by atoms with Gasteiger partial charge in [-0.25, -0.2) is 9.78 Å². The summed E-state index contributed by atoms with van der Waals surface area (Å²) in [7, 11) is 1.55. The minimum absolute atomic E-state index is 0. The first-order chi connectivity index (χ1) is 13.0. The van der Waals surface area contributed by atoms with Crippen molar-refractivity contribution in [2.75, 3.05) is 19.4 Å². The van der Waals surface area contributed by atoms with Crippen molar-refractivity contribution >= 4 is 39.1 Å². The number of hydrogen-bond acceptors (Lipinski definition) is 8. The summed E-state index contributed by atoms with van der Waals surface area (Å²) in [6, 6.07) is 1.60. The monoisotopic (exact) mass is 402 g/mol. The largest absolute Gasteiger partial charge is 0.487 e. The number of fused-ring (bicyclic) bond motifs is 1. The minimum atomic E-state index is -0.438. The first kappa shape index (κ1) is 21.1. The van der Waals surface area contributed by atoms with Gasteiger partial charge in [-0.1, -0.05) is 7.43 Å². The third-order valence-electron chi connectivity index (χ3n) is 3.79. The van der Waals surface area contributed by atoms with Gasteiger partial charge in [-0.05, 0) is 18.4 Å². The number of pyridine rings is 2. The minimum Gasteiger partial charge on any atom is -0.487 e. The molecule has 28 heavy (non-hydrogen) atoms. The third kappa shape index (κ3) is 4.20. The number of ether oxygens (including phenoxy) is 2. The molecule has 0 fully saturated rings. The van der Waals surface area contributed by atoms with E-state index in [4.69, 9.17) is 15.2 Å². The smallest absolute Gasteiger partial charge is 0.341 e. The van der Waals surface area contributed by atoms with Crippen LogP contribution >= 0.6 is 11.3 Å². The first-order valence-electron chi connectivity index (χ1n) is 8.16. The fourth-order valence-electron chi connectivity index (χ4n) is 2.52. The second-order valence-electron chi connectivity index (χ2n) is 5.52. The zero-order valence-corrected chi connectivity index (χ0v) is 15.6. The molecular weight excluding hydrogens is 380 g/mol. The normalized spacial score (nSPS) is 10.2. The fourth-order valence-corrected chi connectivity index (χ4v) is 3.58. The summed E-state index contributed by atoms with van der Waals surface area (Å²) in [5, 5.41) is 5.07. The number of nitrogens with one attached hydrogen (secondary N) is 1. The van der Waals surface area contributed by atoms with Crippen LogP contribution in [-0.4, -0.2) is 35.5 Å². The number of anilines is 1. The van der Waals surface area contributed by atoms with Crippen LogP contribution in [0.25, 0.3) is 10.1 Å². The fraction of sp³-hybridized carbons (Fsp3) is 0.263. The molecule has 9 heteroatoms. The highest BCUT2D eigenvalue weighted by Crippen LogP contribution is 2.33. The van der Waals surface area contributed by atoms with E-state index in [2.05, 4.69) is 15.3 Å². The van der Waals surface area contributed by atoms with Crippen molar-refractivity contribution in [3.8, 4) is 5.75 Å². The number of rotatable bonds is 6. The first-order valence-corrected chi connectivity index (χ1v) is 9.04. The number of nitrogen functional groups attached to an aromatic ring is 1. The van der Waals surface area contributed by atoms with E-state index in [1.165, 1.54) is 29.9 Å². The van der Waals surface area contributed by atoms with Gasteiger partial charge in [-0.3, -0.25) is 9.78 Å². The molecule has 0 aliphatic rings. The predicted molar refractivity (Wildman–Crippen MR) is 109 cm³/mol. The van der Waals surface area contributed by atoms with Gasteiger partial charge in [0.05, 0.1) is 28.6 Å². The van der Waals surface area contributed by atoms with Crippen LogP contribution in [0, 0.1) is 0 Å². The van der Waals surface area contributed by atoms with Crippen molar-refractivity contribution in [3.63, 3.8) is 0 Å². The molecule has 0 aliphatic heterocycles. The molecule has 0 spiro atoms. The molecular formula is C19H22N4O4S. The Kier molecular flexibility index (Phi) is 6.89. The van der Waals surface area contributed by atoms with E-state index in [0.29, 0.717) is 32.8 Å². The van der Waals surface area contributed by atoms with Gasteiger partial charge in [0, 0.05) is 30.4 Å². The summed E-state index contributed by atoms with van der Waals surface area (Å²) in [5.74, 6) is 0.0758. The van der Waals surface area contributed by atoms with Crippen molar-refractivity contribution in [2.24, 2.45) is 0 Å². The molecule has 0 bridgehead atoms. The molecule has 0 radical (unpaired) electrons. The molecule has 3 aromatic rings. The molecule has 3 rings (SSSR count). The lowest BCUT2D eigenvalue weighted by molar-refractivity contribution is 0.0528. The highest BCUT2D eigenvalue weighted by molar-refractivity contribution is 7.17. The van der Waals surface area contributed by atoms with Crippen LogP contribution in [0.3, 0.4) is 0 Å². The standard InChI is InChI=1S/C18H18N4O4S.CH4/c1-3-25-18(24)13-7-22-16(19)14-11(9-27-15(13)14)8-26-12-4-10(5-21-6-12)17(23)20-2;/h4-7,9H,3,8H2,1-2H3,(H2,19,22)(H,20,23);1H4. The van der Waals surface area contributed by atoms with Gasteiger partial charge < -0.3 is 20.5 Å². The van der Waals surface area contributed by atoms with Gasteiger partial charge in [0.1, 0.15) is 18.2 Å². The van der Waals surface area contributed by atoms with Gasteiger partial charge >= 0.3 is 5.97 Å². The van der Waals surface area contributed by atoms with Crippen LogP contribution in [0.1, 0.15) is 40.6 Å². The van der Waals surface area contributed by atoms with E-state index < -0.39 is 5.97 Å². The lowest BCUT2D eigenvalue weighted by atomic mass is 10.1. The molecule has 0 saturated heterocycles. The van der Waals surface area contributed by atoms with Crippen LogP contribution in [0.4, 0.5) is 5.82 Å². The van der Waals surface area contributed by atoms with Gasteiger partial charge in [0.2, 0.25) is 0 Å². The topological polar surface area (TPSA) is 116 Å². The second kappa shape index (κ2) is 9.14. The number of aromatic nitrogens is 2. The number of esters is 1. The molecule has 0 unspecified atom stereocenters. The van der Waals surface area contributed by atoms with Crippen LogP contribution in [-0.2, 0) is 11.3 Å². The Morgan fingerprint density at radius 2 is 2.07 bits per heavy atom. The summed E-state index contributed by atoms with van der Waals surface area (Å²) < 4.78 is 11.5. The molecule has 0 aromatic carbocycles. The van der Waals surface area contributed by atoms with Crippen LogP contribution in [0.15, 0.2) is 30.0 Å². The number of thiophene rings is 1. The summed E-state index contributed by atoms with van der Waals surface area (Å²) in [6.07, 6.45) is 4.40. The molecule has 1 amide bonds. The Balaban J connectivity index is 0.00000280. The number of nitrogens with two attached hydrogens (primary N) is 1. The number of carbonyl (C=O) groups excluding carboxylic acids is 2. The Bertz CT molecular complexity index is 1000. The number of nitrogens with zero attached hydrogens (tertiary/aromatic N) is 2. The molecule has 3 N–H and O–H groups in total. The maximum atomic E-state index is 12.1. The third-order valence-corrected chi connectivity index (χ3v) is 4.85. The summed E-state index contributed by atoms with van der Waals surface area (Å²) in [6.45, 7) is 2.21. The summed E-state index contributed by atoms with van der Waals surface area (Å²) in [5.41, 5.74) is 7.58. The number of carbonyl (C=O) groups is 2. The Hall–Kier alpha value is -3.20.